The van der Waals surface area contributed by atoms with Gasteiger partial charge in [0.2, 0.25) is 0 Å². The molecule has 0 radical (unpaired) electrons. The summed E-state index contributed by atoms with van der Waals surface area (Å²) in [6.07, 6.45) is 0. The Balaban J connectivity index is 3.91. The molecule has 0 aliphatic rings. The van der Waals surface area contributed by atoms with Crippen molar-refractivity contribution in [2.24, 2.45) is 0 Å². The number of nitrogens with zero attached hydrogens (tertiary/aromatic N) is 1. The van der Waals surface area contributed by atoms with Crippen molar-refractivity contribution in [3.05, 3.63) is 28.8 Å². The first-order chi connectivity index (χ1) is 7.21. The van der Waals surface area contributed by atoms with Crippen LogP contribution in [0.3, 0.4) is 0 Å². The van der Waals surface area contributed by atoms with E-state index in [1.807, 2.05) is 0 Å². The summed E-state index contributed by atoms with van der Waals surface area (Å²) < 4.78 is 80.8. The van der Waals surface area contributed by atoms with E-state index in [0.717, 1.165) is 6.07 Å². The molecule has 0 saturated heterocycles. The Morgan fingerprint density at radius 3 is 1.62 bits per heavy atom. The molecule has 0 unspecified atom stereocenters. The lowest BCUT2D eigenvalue weighted by Gasteiger charge is -2.05. The Kier molecular flexibility index (Phi) is 2.89. The summed E-state index contributed by atoms with van der Waals surface area (Å²) in [6, 6.07) is 0.817. The number of hydrogen-bond donors (Lipinski definition) is 1. The number of nitriles is 1. The van der Waals surface area contributed by atoms with Gasteiger partial charge in [-0.3, -0.25) is 4.55 Å². The molecular formula is C7HF4NO3S. The van der Waals surface area contributed by atoms with Gasteiger partial charge >= 0.3 is 10.1 Å². The minimum absolute atomic E-state index is 0.817. The van der Waals surface area contributed by atoms with Crippen LogP contribution in [0, 0.1) is 34.6 Å². The monoisotopic (exact) mass is 255 g/mol. The molecule has 0 aliphatic carbocycles. The van der Waals surface area contributed by atoms with E-state index < -0.39 is 43.8 Å². The molecule has 0 heterocycles. The average molecular weight is 255 g/mol. The first kappa shape index (κ1) is 12.4. The first-order valence-corrected chi connectivity index (χ1v) is 4.89. The highest BCUT2D eigenvalue weighted by Crippen LogP contribution is 2.26. The van der Waals surface area contributed by atoms with E-state index in [1.54, 1.807) is 0 Å². The fraction of sp³-hybridized carbons (Fsp3) is 0. The molecule has 1 rings (SSSR count). The van der Waals surface area contributed by atoms with Crippen LogP contribution < -0.4 is 0 Å². The molecule has 0 aromatic heterocycles. The van der Waals surface area contributed by atoms with Crippen molar-refractivity contribution in [1.82, 2.24) is 0 Å². The third-order valence-electron chi connectivity index (χ3n) is 1.59. The number of rotatable bonds is 1. The maximum atomic E-state index is 12.9. The van der Waals surface area contributed by atoms with Gasteiger partial charge in [-0.2, -0.15) is 13.7 Å². The van der Waals surface area contributed by atoms with Crippen LogP contribution in [0.15, 0.2) is 4.90 Å². The van der Waals surface area contributed by atoms with Crippen LogP contribution in [0.2, 0.25) is 0 Å². The summed E-state index contributed by atoms with van der Waals surface area (Å²) in [7, 11) is -5.47. The lowest BCUT2D eigenvalue weighted by atomic mass is 10.2. The van der Waals surface area contributed by atoms with Gasteiger partial charge in [-0.15, -0.1) is 0 Å². The molecule has 0 fully saturated rings. The average Bonchev–Trinajstić information content (AvgIpc) is 2.14. The maximum Gasteiger partial charge on any atom is 0.300 e. The Labute approximate surface area is 86.5 Å². The van der Waals surface area contributed by atoms with E-state index in [2.05, 4.69) is 0 Å². The molecule has 0 spiro atoms. The van der Waals surface area contributed by atoms with Gasteiger partial charge in [0.15, 0.2) is 28.2 Å². The number of halogens is 4. The van der Waals surface area contributed by atoms with Gasteiger partial charge in [-0.1, -0.05) is 0 Å². The van der Waals surface area contributed by atoms with Gasteiger partial charge in [0, 0.05) is 0 Å². The standard InChI is InChI=1S/C7HF4NO3S/c8-3-2(1-12)4(9)6(11)7(5(3)10)16(13,14)15/h(H,13,14,15). The normalized spacial score (nSPS) is 11.2. The molecule has 1 aromatic rings. The highest BCUT2D eigenvalue weighted by atomic mass is 32.2. The predicted octanol–water partition coefficient (Wildman–Crippen LogP) is 1.36. The van der Waals surface area contributed by atoms with Gasteiger partial charge in [0.1, 0.15) is 11.6 Å². The van der Waals surface area contributed by atoms with E-state index >= 15 is 0 Å². The summed E-state index contributed by atoms with van der Waals surface area (Å²) in [6.45, 7) is 0. The van der Waals surface area contributed by atoms with Crippen molar-refractivity contribution in [3.8, 4) is 6.07 Å². The minimum Gasteiger partial charge on any atom is -0.282 e. The second-order valence-corrected chi connectivity index (χ2v) is 3.91. The van der Waals surface area contributed by atoms with Crippen molar-refractivity contribution in [2.75, 3.05) is 0 Å². The lowest BCUT2D eigenvalue weighted by Crippen LogP contribution is -2.11. The van der Waals surface area contributed by atoms with E-state index in [-0.39, 0.29) is 0 Å². The number of benzene rings is 1. The molecule has 0 bridgehead atoms. The topological polar surface area (TPSA) is 78.2 Å². The molecule has 4 nitrogen and oxygen atoms in total. The van der Waals surface area contributed by atoms with Crippen LogP contribution in [-0.2, 0) is 10.1 Å². The lowest BCUT2D eigenvalue weighted by molar-refractivity contribution is 0.401. The van der Waals surface area contributed by atoms with Crippen LogP contribution in [0.4, 0.5) is 17.6 Å². The fourth-order valence-corrected chi connectivity index (χ4v) is 1.57. The molecule has 16 heavy (non-hydrogen) atoms. The second-order valence-electron chi connectivity index (χ2n) is 2.55. The van der Waals surface area contributed by atoms with Crippen LogP contribution in [0.5, 0.6) is 0 Å². The van der Waals surface area contributed by atoms with Crippen LogP contribution >= 0.6 is 0 Å². The fourth-order valence-electron chi connectivity index (χ4n) is 0.936. The summed E-state index contributed by atoms with van der Waals surface area (Å²) in [5, 5.41) is 8.17. The first-order valence-electron chi connectivity index (χ1n) is 3.45. The van der Waals surface area contributed by atoms with E-state index in [0.29, 0.717) is 0 Å². The van der Waals surface area contributed by atoms with Crippen molar-refractivity contribution in [3.63, 3.8) is 0 Å². The maximum absolute atomic E-state index is 12.9. The second kappa shape index (κ2) is 3.73. The number of hydrogen-bond acceptors (Lipinski definition) is 3. The Morgan fingerprint density at radius 1 is 1.00 bits per heavy atom. The Bertz CT molecular complexity index is 576. The van der Waals surface area contributed by atoms with Crippen LogP contribution in [0.25, 0.3) is 0 Å². The molecule has 86 valence electrons. The van der Waals surface area contributed by atoms with Crippen LogP contribution in [-0.4, -0.2) is 13.0 Å². The summed E-state index contributed by atoms with van der Waals surface area (Å²) in [5.41, 5.74) is -1.61. The molecule has 0 aliphatic heterocycles. The molecule has 0 atom stereocenters. The molecule has 1 aromatic carbocycles. The van der Waals surface area contributed by atoms with E-state index in [1.165, 1.54) is 0 Å². The van der Waals surface area contributed by atoms with Gasteiger partial charge in [-0.25, -0.2) is 17.6 Å². The molecule has 1 N–H and O–H groups in total. The van der Waals surface area contributed by atoms with Crippen LogP contribution in [0.1, 0.15) is 5.56 Å². The summed E-state index contributed by atoms with van der Waals surface area (Å²) in [4.78, 5) is -2.17. The third-order valence-corrected chi connectivity index (χ3v) is 2.47. The summed E-state index contributed by atoms with van der Waals surface area (Å²) in [5.74, 6) is -9.07. The zero-order chi connectivity index (χ0) is 12.7. The van der Waals surface area contributed by atoms with Gasteiger partial charge < -0.3 is 0 Å². The van der Waals surface area contributed by atoms with Crippen molar-refractivity contribution in [2.45, 2.75) is 4.90 Å². The quantitative estimate of drug-likeness (QED) is 0.467. The van der Waals surface area contributed by atoms with Gasteiger partial charge in [-0.05, 0) is 0 Å². The van der Waals surface area contributed by atoms with E-state index in [9.17, 15) is 26.0 Å². The highest BCUT2D eigenvalue weighted by molar-refractivity contribution is 7.85. The van der Waals surface area contributed by atoms with Crippen molar-refractivity contribution >= 4 is 10.1 Å². The zero-order valence-corrected chi connectivity index (χ0v) is 7.95. The van der Waals surface area contributed by atoms with Crippen molar-refractivity contribution < 1.29 is 30.5 Å². The highest BCUT2D eigenvalue weighted by Gasteiger charge is 2.32. The Morgan fingerprint density at radius 2 is 1.38 bits per heavy atom. The van der Waals surface area contributed by atoms with E-state index in [4.69, 9.17) is 9.81 Å². The molecule has 0 saturated carbocycles. The molecule has 9 heteroatoms. The third kappa shape index (κ3) is 1.72. The predicted molar refractivity (Wildman–Crippen MR) is 40.8 cm³/mol. The van der Waals surface area contributed by atoms with Gasteiger partial charge in [0.05, 0.1) is 0 Å². The summed E-state index contributed by atoms with van der Waals surface area (Å²) >= 11 is 0. The largest absolute Gasteiger partial charge is 0.300 e. The zero-order valence-electron chi connectivity index (χ0n) is 7.13. The Hall–Kier alpha value is -1.66. The van der Waals surface area contributed by atoms with Gasteiger partial charge in [0.25, 0.3) is 0 Å². The smallest absolute Gasteiger partial charge is 0.282 e. The molecule has 0 amide bonds. The molecular weight excluding hydrogens is 254 g/mol. The van der Waals surface area contributed by atoms with Crippen molar-refractivity contribution in [1.29, 1.82) is 5.26 Å². The minimum atomic E-state index is -5.47. The SMILES string of the molecule is N#Cc1c(F)c(F)c(S(=O)(=O)O)c(F)c1F.